The van der Waals surface area contributed by atoms with E-state index < -0.39 is 0 Å². The van der Waals surface area contributed by atoms with Crippen LogP contribution in [-0.4, -0.2) is 11.8 Å². The van der Waals surface area contributed by atoms with Gasteiger partial charge in [0.15, 0.2) is 0 Å². The third-order valence-corrected chi connectivity index (χ3v) is 2.34. The molecule has 1 rings (SSSR count). The highest BCUT2D eigenvalue weighted by molar-refractivity contribution is 7.80. The normalized spacial score (nSPS) is 9.64. The van der Waals surface area contributed by atoms with Gasteiger partial charge in [-0.05, 0) is 50.2 Å². The fourth-order valence-electron chi connectivity index (χ4n) is 1.16. The Balaban J connectivity index is 2.76. The summed E-state index contributed by atoms with van der Waals surface area (Å²) in [4.78, 5) is 0. The molecule has 0 bridgehead atoms. The van der Waals surface area contributed by atoms with Crippen molar-refractivity contribution in [1.82, 2.24) is 0 Å². The van der Waals surface area contributed by atoms with Crippen LogP contribution >= 0.6 is 12.2 Å². The first kappa shape index (κ1) is 11.0. The third-order valence-electron chi connectivity index (χ3n) is 2.12. The molecule has 0 aliphatic rings. The summed E-state index contributed by atoms with van der Waals surface area (Å²) in [6.07, 6.45) is 0. The molecule has 1 aromatic carbocycles. The highest BCUT2D eigenvalue weighted by Gasteiger charge is 2.02. The number of ether oxygens (including phenoxy) is 1. The smallest absolute Gasteiger partial charge is 0.261 e. The second-order valence-electron chi connectivity index (χ2n) is 3.09. The molecule has 0 unspecified atom stereocenters. The first-order chi connectivity index (χ1) is 6.65. The maximum absolute atomic E-state index is 5.16. The van der Waals surface area contributed by atoms with Crippen molar-refractivity contribution >= 4 is 23.1 Å². The zero-order chi connectivity index (χ0) is 10.6. The Morgan fingerprint density at radius 3 is 2.79 bits per heavy atom. The standard InChI is InChI=1S/C11H15NOS/c1-4-13-11(14)12-10-7-5-6-8(2)9(10)3/h5-7H,4H2,1-3H3,(H,12,14). The van der Waals surface area contributed by atoms with E-state index in [0.717, 1.165) is 5.69 Å². The predicted molar refractivity (Wildman–Crippen MR) is 63.8 cm³/mol. The molecule has 76 valence electrons. The SMILES string of the molecule is CCOC(=S)Nc1cccc(C)c1C. The van der Waals surface area contributed by atoms with Gasteiger partial charge in [0, 0.05) is 5.69 Å². The summed E-state index contributed by atoms with van der Waals surface area (Å²) in [5.74, 6) is 0. The summed E-state index contributed by atoms with van der Waals surface area (Å²) in [5, 5.41) is 3.49. The summed E-state index contributed by atoms with van der Waals surface area (Å²) in [6.45, 7) is 6.64. The van der Waals surface area contributed by atoms with Crippen molar-refractivity contribution in [3.63, 3.8) is 0 Å². The number of hydrogen-bond acceptors (Lipinski definition) is 2. The van der Waals surface area contributed by atoms with Crippen molar-refractivity contribution in [2.45, 2.75) is 20.8 Å². The van der Waals surface area contributed by atoms with Gasteiger partial charge in [0.2, 0.25) is 0 Å². The molecule has 3 heteroatoms. The fourth-order valence-corrected chi connectivity index (χ4v) is 1.39. The van der Waals surface area contributed by atoms with Crippen LogP contribution in [0.15, 0.2) is 18.2 Å². The molecule has 1 aromatic rings. The molecule has 0 saturated heterocycles. The van der Waals surface area contributed by atoms with Crippen LogP contribution in [-0.2, 0) is 4.74 Å². The topological polar surface area (TPSA) is 21.3 Å². The van der Waals surface area contributed by atoms with Gasteiger partial charge in [0.05, 0.1) is 6.61 Å². The van der Waals surface area contributed by atoms with Crippen molar-refractivity contribution in [2.75, 3.05) is 11.9 Å². The van der Waals surface area contributed by atoms with E-state index in [4.69, 9.17) is 17.0 Å². The Hall–Kier alpha value is -1.09. The van der Waals surface area contributed by atoms with Gasteiger partial charge in [-0.3, -0.25) is 0 Å². The summed E-state index contributed by atoms with van der Waals surface area (Å²) in [6, 6.07) is 6.07. The molecular weight excluding hydrogens is 194 g/mol. The zero-order valence-corrected chi connectivity index (χ0v) is 9.57. The second-order valence-corrected chi connectivity index (χ2v) is 3.46. The number of hydrogen-bond donors (Lipinski definition) is 1. The average molecular weight is 209 g/mol. The highest BCUT2D eigenvalue weighted by atomic mass is 32.1. The first-order valence-electron chi connectivity index (χ1n) is 4.65. The molecular formula is C11H15NOS. The minimum Gasteiger partial charge on any atom is -0.471 e. The molecule has 0 fully saturated rings. The van der Waals surface area contributed by atoms with Crippen molar-refractivity contribution in [3.05, 3.63) is 29.3 Å². The lowest BCUT2D eigenvalue weighted by Crippen LogP contribution is -2.13. The maximum Gasteiger partial charge on any atom is 0.261 e. The second kappa shape index (κ2) is 4.96. The van der Waals surface area contributed by atoms with E-state index >= 15 is 0 Å². The van der Waals surface area contributed by atoms with Gasteiger partial charge >= 0.3 is 0 Å². The molecule has 0 radical (unpaired) electrons. The third kappa shape index (κ3) is 2.70. The van der Waals surface area contributed by atoms with Gasteiger partial charge in [-0.2, -0.15) is 0 Å². The Labute approximate surface area is 90.3 Å². The average Bonchev–Trinajstić information content (AvgIpc) is 2.13. The monoisotopic (exact) mass is 209 g/mol. The molecule has 0 atom stereocenters. The first-order valence-corrected chi connectivity index (χ1v) is 5.06. The Bertz CT molecular complexity index is 336. The Kier molecular flexibility index (Phi) is 3.89. The van der Waals surface area contributed by atoms with E-state index in [1.165, 1.54) is 11.1 Å². The molecule has 2 nitrogen and oxygen atoms in total. The van der Waals surface area contributed by atoms with Gasteiger partial charge in [-0.25, -0.2) is 0 Å². The van der Waals surface area contributed by atoms with E-state index in [2.05, 4.69) is 25.2 Å². The lowest BCUT2D eigenvalue weighted by Gasteiger charge is -2.11. The Morgan fingerprint density at radius 2 is 2.14 bits per heavy atom. The van der Waals surface area contributed by atoms with Crippen molar-refractivity contribution < 1.29 is 4.74 Å². The van der Waals surface area contributed by atoms with Crippen LogP contribution in [0.25, 0.3) is 0 Å². The van der Waals surface area contributed by atoms with Crippen LogP contribution < -0.4 is 5.32 Å². The number of nitrogens with one attached hydrogen (secondary N) is 1. The van der Waals surface area contributed by atoms with E-state index in [-0.39, 0.29) is 0 Å². The highest BCUT2D eigenvalue weighted by Crippen LogP contribution is 2.17. The van der Waals surface area contributed by atoms with E-state index in [1.807, 2.05) is 19.1 Å². The fraction of sp³-hybridized carbons (Fsp3) is 0.364. The quantitative estimate of drug-likeness (QED) is 0.756. The Morgan fingerprint density at radius 1 is 1.43 bits per heavy atom. The van der Waals surface area contributed by atoms with Crippen LogP contribution in [0.1, 0.15) is 18.1 Å². The van der Waals surface area contributed by atoms with Crippen molar-refractivity contribution in [3.8, 4) is 0 Å². The summed E-state index contributed by atoms with van der Waals surface area (Å²) in [7, 11) is 0. The van der Waals surface area contributed by atoms with Crippen LogP contribution in [0.4, 0.5) is 5.69 Å². The number of rotatable bonds is 2. The molecule has 0 heterocycles. The predicted octanol–water partition coefficient (Wildman–Crippen LogP) is 3.04. The molecule has 0 saturated carbocycles. The van der Waals surface area contributed by atoms with Gasteiger partial charge in [-0.1, -0.05) is 12.1 Å². The zero-order valence-electron chi connectivity index (χ0n) is 8.76. The lowest BCUT2D eigenvalue weighted by molar-refractivity contribution is 0.335. The largest absolute Gasteiger partial charge is 0.471 e. The lowest BCUT2D eigenvalue weighted by atomic mass is 10.1. The molecule has 0 amide bonds. The number of aryl methyl sites for hydroxylation is 1. The summed E-state index contributed by atoms with van der Waals surface area (Å²) < 4.78 is 5.16. The van der Waals surface area contributed by atoms with Crippen LogP contribution in [0, 0.1) is 13.8 Å². The molecule has 14 heavy (non-hydrogen) atoms. The number of anilines is 1. The van der Waals surface area contributed by atoms with Gasteiger partial charge in [0.25, 0.3) is 5.17 Å². The van der Waals surface area contributed by atoms with Crippen LogP contribution in [0.2, 0.25) is 0 Å². The minimum absolute atomic E-state index is 0.432. The van der Waals surface area contributed by atoms with Crippen molar-refractivity contribution in [2.24, 2.45) is 0 Å². The van der Waals surface area contributed by atoms with Gasteiger partial charge in [0.1, 0.15) is 0 Å². The van der Waals surface area contributed by atoms with E-state index in [1.54, 1.807) is 0 Å². The number of thiocarbonyl (C=S) groups is 1. The van der Waals surface area contributed by atoms with Crippen molar-refractivity contribution in [1.29, 1.82) is 0 Å². The summed E-state index contributed by atoms with van der Waals surface area (Å²) in [5.41, 5.74) is 3.47. The molecule has 0 spiro atoms. The van der Waals surface area contributed by atoms with E-state index in [0.29, 0.717) is 11.8 Å². The number of benzene rings is 1. The summed E-state index contributed by atoms with van der Waals surface area (Å²) >= 11 is 5.00. The van der Waals surface area contributed by atoms with E-state index in [9.17, 15) is 0 Å². The maximum atomic E-state index is 5.16. The van der Waals surface area contributed by atoms with Gasteiger partial charge < -0.3 is 10.1 Å². The molecule has 1 N–H and O–H groups in total. The molecule has 0 aliphatic heterocycles. The molecule has 0 aromatic heterocycles. The molecule has 0 aliphatic carbocycles. The van der Waals surface area contributed by atoms with Gasteiger partial charge in [-0.15, -0.1) is 0 Å². The van der Waals surface area contributed by atoms with Crippen LogP contribution in [0.3, 0.4) is 0 Å². The van der Waals surface area contributed by atoms with Crippen LogP contribution in [0.5, 0.6) is 0 Å². The minimum atomic E-state index is 0.432.